The van der Waals surface area contributed by atoms with Gasteiger partial charge in [-0.05, 0) is 49.9 Å². The molecule has 1 rings (SSSR count). The van der Waals surface area contributed by atoms with Crippen LogP contribution in [0.5, 0.6) is 5.75 Å². The third kappa shape index (κ3) is 6.40. The van der Waals surface area contributed by atoms with Gasteiger partial charge in [0.1, 0.15) is 5.75 Å². The Hall–Kier alpha value is -1.06. The standard InChI is InChI=1S/C17H29NO2/c1-4-15(2)16-9-5-6-10-17(16)20-14-8-12-18-11-7-13-19-3/h5-6,9-10,15,18H,4,7-8,11-14H2,1-3H3/t15-/m1/s1. The van der Waals surface area contributed by atoms with Gasteiger partial charge in [0.25, 0.3) is 0 Å². The maximum Gasteiger partial charge on any atom is 0.122 e. The average Bonchev–Trinajstić information content (AvgIpc) is 2.49. The van der Waals surface area contributed by atoms with Gasteiger partial charge in [0, 0.05) is 13.7 Å². The minimum absolute atomic E-state index is 0.554. The molecule has 0 heterocycles. The summed E-state index contributed by atoms with van der Waals surface area (Å²) in [4.78, 5) is 0. The van der Waals surface area contributed by atoms with Crippen LogP contribution in [0.4, 0.5) is 0 Å². The Morgan fingerprint density at radius 3 is 2.50 bits per heavy atom. The quantitative estimate of drug-likeness (QED) is 0.628. The van der Waals surface area contributed by atoms with Crippen molar-refractivity contribution in [3.05, 3.63) is 29.8 Å². The van der Waals surface area contributed by atoms with Gasteiger partial charge >= 0.3 is 0 Å². The van der Waals surface area contributed by atoms with Crippen LogP contribution in [0.1, 0.15) is 44.6 Å². The Bertz CT molecular complexity index is 355. The number of para-hydroxylation sites is 1. The van der Waals surface area contributed by atoms with E-state index in [0.29, 0.717) is 5.92 Å². The maximum absolute atomic E-state index is 5.92. The molecular weight excluding hydrogens is 250 g/mol. The highest BCUT2D eigenvalue weighted by atomic mass is 16.5. The molecule has 0 aliphatic carbocycles. The Balaban J connectivity index is 2.22. The first-order chi connectivity index (χ1) is 9.79. The monoisotopic (exact) mass is 279 g/mol. The van der Waals surface area contributed by atoms with Crippen molar-refractivity contribution in [3.8, 4) is 5.75 Å². The number of ether oxygens (including phenoxy) is 2. The van der Waals surface area contributed by atoms with Gasteiger partial charge in [0.2, 0.25) is 0 Å². The van der Waals surface area contributed by atoms with Crippen molar-refractivity contribution in [2.75, 3.05) is 33.4 Å². The van der Waals surface area contributed by atoms with E-state index in [1.807, 2.05) is 6.07 Å². The van der Waals surface area contributed by atoms with E-state index < -0.39 is 0 Å². The van der Waals surface area contributed by atoms with E-state index in [1.54, 1.807) is 7.11 Å². The number of methoxy groups -OCH3 is 1. The summed E-state index contributed by atoms with van der Waals surface area (Å²) in [5.74, 6) is 1.60. The molecular formula is C17H29NO2. The molecule has 3 heteroatoms. The largest absolute Gasteiger partial charge is 0.493 e. The number of benzene rings is 1. The SMILES string of the molecule is CC[C@@H](C)c1ccccc1OCCCNCCCOC. The Morgan fingerprint density at radius 1 is 1.10 bits per heavy atom. The topological polar surface area (TPSA) is 30.5 Å². The second-order valence-corrected chi connectivity index (χ2v) is 5.15. The molecule has 20 heavy (non-hydrogen) atoms. The van der Waals surface area contributed by atoms with Crippen molar-refractivity contribution >= 4 is 0 Å². The van der Waals surface area contributed by atoms with Crippen LogP contribution in [-0.4, -0.2) is 33.4 Å². The van der Waals surface area contributed by atoms with Crippen molar-refractivity contribution in [3.63, 3.8) is 0 Å². The molecule has 0 spiro atoms. The lowest BCUT2D eigenvalue weighted by Crippen LogP contribution is -2.19. The van der Waals surface area contributed by atoms with Gasteiger partial charge < -0.3 is 14.8 Å². The summed E-state index contributed by atoms with van der Waals surface area (Å²) in [6, 6.07) is 8.38. The maximum atomic E-state index is 5.92. The minimum atomic E-state index is 0.554. The molecule has 0 amide bonds. The third-order valence-corrected chi connectivity index (χ3v) is 3.52. The highest BCUT2D eigenvalue weighted by Gasteiger charge is 2.08. The minimum Gasteiger partial charge on any atom is -0.493 e. The fourth-order valence-corrected chi connectivity index (χ4v) is 2.08. The Labute approximate surface area is 123 Å². The summed E-state index contributed by atoms with van der Waals surface area (Å²) < 4.78 is 10.9. The van der Waals surface area contributed by atoms with Gasteiger partial charge in [-0.1, -0.05) is 32.0 Å². The third-order valence-electron chi connectivity index (χ3n) is 3.52. The number of hydrogen-bond acceptors (Lipinski definition) is 3. The summed E-state index contributed by atoms with van der Waals surface area (Å²) in [6.45, 7) is 8.06. The molecule has 0 saturated heterocycles. The van der Waals surface area contributed by atoms with Gasteiger partial charge in [-0.25, -0.2) is 0 Å². The van der Waals surface area contributed by atoms with Crippen LogP contribution in [0.2, 0.25) is 0 Å². The normalized spacial score (nSPS) is 12.3. The van der Waals surface area contributed by atoms with Crippen molar-refractivity contribution in [2.45, 2.75) is 39.0 Å². The first-order valence-electron chi connectivity index (χ1n) is 7.71. The van der Waals surface area contributed by atoms with Crippen molar-refractivity contribution in [2.24, 2.45) is 0 Å². The van der Waals surface area contributed by atoms with Gasteiger partial charge in [0.05, 0.1) is 6.61 Å². The lowest BCUT2D eigenvalue weighted by Gasteiger charge is -2.15. The highest BCUT2D eigenvalue weighted by Crippen LogP contribution is 2.28. The second-order valence-electron chi connectivity index (χ2n) is 5.15. The first-order valence-corrected chi connectivity index (χ1v) is 7.71. The molecule has 1 aromatic carbocycles. The molecule has 0 aliphatic heterocycles. The van der Waals surface area contributed by atoms with E-state index in [9.17, 15) is 0 Å². The van der Waals surface area contributed by atoms with Gasteiger partial charge in [0.15, 0.2) is 0 Å². The summed E-state index contributed by atoms with van der Waals surface area (Å²) in [7, 11) is 1.74. The van der Waals surface area contributed by atoms with E-state index in [1.165, 1.54) is 5.56 Å². The lowest BCUT2D eigenvalue weighted by atomic mass is 9.98. The van der Waals surface area contributed by atoms with Crippen LogP contribution in [0, 0.1) is 0 Å². The van der Waals surface area contributed by atoms with E-state index in [-0.39, 0.29) is 0 Å². The fraction of sp³-hybridized carbons (Fsp3) is 0.647. The number of rotatable bonds is 11. The molecule has 0 fully saturated rings. The van der Waals surface area contributed by atoms with Crippen LogP contribution >= 0.6 is 0 Å². The predicted octanol–water partition coefficient (Wildman–Crippen LogP) is 3.60. The summed E-state index contributed by atoms with van der Waals surface area (Å²) >= 11 is 0. The van der Waals surface area contributed by atoms with Crippen LogP contribution in [0.3, 0.4) is 0 Å². The average molecular weight is 279 g/mol. The molecule has 0 saturated carbocycles. The van der Waals surface area contributed by atoms with E-state index >= 15 is 0 Å². The zero-order valence-electron chi connectivity index (χ0n) is 13.2. The van der Waals surface area contributed by atoms with E-state index in [0.717, 1.165) is 51.3 Å². The molecule has 114 valence electrons. The Kier molecular flexibility index (Phi) is 9.09. The molecule has 0 aliphatic rings. The van der Waals surface area contributed by atoms with Crippen LogP contribution < -0.4 is 10.1 Å². The zero-order chi connectivity index (χ0) is 14.6. The van der Waals surface area contributed by atoms with Crippen molar-refractivity contribution < 1.29 is 9.47 Å². The predicted molar refractivity (Wildman–Crippen MR) is 84.6 cm³/mol. The molecule has 0 bridgehead atoms. The summed E-state index contributed by atoms with van der Waals surface area (Å²) in [6.07, 6.45) is 3.23. The molecule has 0 aromatic heterocycles. The Morgan fingerprint density at radius 2 is 1.80 bits per heavy atom. The molecule has 3 nitrogen and oxygen atoms in total. The highest BCUT2D eigenvalue weighted by molar-refractivity contribution is 5.35. The number of hydrogen-bond donors (Lipinski definition) is 1. The second kappa shape index (κ2) is 10.7. The molecule has 1 N–H and O–H groups in total. The molecule has 1 aromatic rings. The van der Waals surface area contributed by atoms with Crippen LogP contribution in [-0.2, 0) is 4.74 Å². The molecule has 0 unspecified atom stereocenters. The zero-order valence-corrected chi connectivity index (χ0v) is 13.2. The van der Waals surface area contributed by atoms with Gasteiger partial charge in [-0.15, -0.1) is 0 Å². The smallest absolute Gasteiger partial charge is 0.122 e. The fourth-order valence-electron chi connectivity index (χ4n) is 2.08. The van der Waals surface area contributed by atoms with Crippen molar-refractivity contribution in [1.82, 2.24) is 5.32 Å². The van der Waals surface area contributed by atoms with Crippen LogP contribution in [0.25, 0.3) is 0 Å². The van der Waals surface area contributed by atoms with Gasteiger partial charge in [-0.2, -0.15) is 0 Å². The first kappa shape index (κ1) is 17.0. The number of nitrogens with one attached hydrogen (secondary N) is 1. The van der Waals surface area contributed by atoms with Gasteiger partial charge in [-0.3, -0.25) is 0 Å². The van der Waals surface area contributed by atoms with E-state index in [4.69, 9.17) is 9.47 Å². The summed E-state index contributed by atoms with van der Waals surface area (Å²) in [5, 5.41) is 3.40. The van der Waals surface area contributed by atoms with E-state index in [2.05, 4.69) is 37.4 Å². The molecule has 0 radical (unpaired) electrons. The summed E-state index contributed by atoms with van der Waals surface area (Å²) in [5.41, 5.74) is 1.32. The lowest BCUT2D eigenvalue weighted by molar-refractivity contribution is 0.194. The van der Waals surface area contributed by atoms with Crippen molar-refractivity contribution in [1.29, 1.82) is 0 Å². The molecule has 1 atom stereocenters. The van der Waals surface area contributed by atoms with Crippen LogP contribution in [0.15, 0.2) is 24.3 Å².